The van der Waals surface area contributed by atoms with Crippen LogP contribution in [-0.2, 0) is 11.3 Å². The van der Waals surface area contributed by atoms with Crippen molar-refractivity contribution in [1.82, 2.24) is 10.6 Å². The first kappa shape index (κ1) is 14.3. The first-order chi connectivity index (χ1) is 9.16. The molecule has 2 rings (SSSR count). The number of carbonyl (C=O) groups excluding carboxylic acids is 1. The molecule has 0 aliphatic heterocycles. The van der Waals surface area contributed by atoms with Crippen LogP contribution in [0.25, 0.3) is 0 Å². The molecule has 1 aromatic carbocycles. The molecule has 104 valence electrons. The van der Waals surface area contributed by atoms with E-state index in [1.165, 1.54) is 0 Å². The highest BCUT2D eigenvalue weighted by Gasteiger charge is 2.22. The number of rotatable bonds is 7. The van der Waals surface area contributed by atoms with Gasteiger partial charge in [-0.25, -0.2) is 0 Å². The number of amides is 1. The van der Waals surface area contributed by atoms with E-state index in [0.29, 0.717) is 23.5 Å². The molecule has 1 saturated carbocycles. The highest BCUT2D eigenvalue weighted by atomic mass is 79.9. The second kappa shape index (κ2) is 6.91. The molecule has 0 spiro atoms. The molecular formula is C14H19BrN2O2. The molecule has 0 bridgehead atoms. The molecule has 5 heteroatoms. The molecule has 1 aromatic rings. The molecule has 1 aliphatic rings. The molecule has 4 nitrogen and oxygen atoms in total. The van der Waals surface area contributed by atoms with Crippen LogP contribution in [0.1, 0.15) is 31.2 Å². The van der Waals surface area contributed by atoms with Gasteiger partial charge in [0.05, 0.1) is 4.47 Å². The van der Waals surface area contributed by atoms with E-state index >= 15 is 0 Å². The van der Waals surface area contributed by atoms with Crippen LogP contribution in [0.2, 0.25) is 0 Å². The number of aromatic hydroxyl groups is 1. The molecule has 1 fully saturated rings. The minimum absolute atomic E-state index is 0.148. The second-order valence-corrected chi connectivity index (χ2v) is 5.72. The van der Waals surface area contributed by atoms with Gasteiger partial charge in [-0.1, -0.05) is 12.1 Å². The molecule has 0 radical (unpaired) electrons. The van der Waals surface area contributed by atoms with Gasteiger partial charge in [0.2, 0.25) is 5.91 Å². The lowest BCUT2D eigenvalue weighted by Gasteiger charge is -2.08. The standard InChI is InChI=1S/C14H19BrN2O2/c15-12-4-1-3-10(14(12)19)9-16-8-2-5-13(18)17-11-6-7-11/h1,3-4,11,16,19H,2,5-9H2,(H,17,18). The topological polar surface area (TPSA) is 61.4 Å². The van der Waals surface area contributed by atoms with E-state index in [9.17, 15) is 9.90 Å². The summed E-state index contributed by atoms with van der Waals surface area (Å²) in [6.45, 7) is 1.37. The van der Waals surface area contributed by atoms with Gasteiger partial charge in [0.1, 0.15) is 5.75 Å². The van der Waals surface area contributed by atoms with Crippen LogP contribution >= 0.6 is 15.9 Å². The Morgan fingerprint density at radius 2 is 2.21 bits per heavy atom. The van der Waals surface area contributed by atoms with Crippen molar-refractivity contribution in [3.63, 3.8) is 0 Å². The smallest absolute Gasteiger partial charge is 0.220 e. The highest BCUT2D eigenvalue weighted by molar-refractivity contribution is 9.10. The van der Waals surface area contributed by atoms with Crippen molar-refractivity contribution in [2.45, 2.75) is 38.3 Å². The third kappa shape index (κ3) is 4.84. The summed E-state index contributed by atoms with van der Waals surface area (Å²) in [6, 6.07) is 6.02. The summed E-state index contributed by atoms with van der Waals surface area (Å²) in [5, 5.41) is 16.0. The normalized spacial score (nSPS) is 14.4. The lowest BCUT2D eigenvalue weighted by atomic mass is 10.2. The van der Waals surface area contributed by atoms with Gasteiger partial charge in [-0.3, -0.25) is 4.79 Å². The number of hydrogen-bond donors (Lipinski definition) is 3. The lowest BCUT2D eigenvalue weighted by Crippen LogP contribution is -2.26. The third-order valence-electron chi connectivity index (χ3n) is 3.09. The SMILES string of the molecule is O=C(CCCNCc1cccc(Br)c1O)NC1CC1. The second-order valence-electron chi connectivity index (χ2n) is 4.87. The Labute approximate surface area is 121 Å². The van der Waals surface area contributed by atoms with Gasteiger partial charge in [0.25, 0.3) is 0 Å². The summed E-state index contributed by atoms with van der Waals surface area (Å²) < 4.78 is 0.704. The van der Waals surface area contributed by atoms with Crippen molar-refractivity contribution in [1.29, 1.82) is 0 Å². The molecule has 1 amide bonds. The van der Waals surface area contributed by atoms with Crippen LogP contribution in [-0.4, -0.2) is 23.6 Å². The largest absolute Gasteiger partial charge is 0.506 e. The Kier molecular flexibility index (Phi) is 5.22. The number of benzene rings is 1. The summed E-state index contributed by atoms with van der Waals surface area (Å²) in [4.78, 5) is 11.4. The van der Waals surface area contributed by atoms with E-state index in [2.05, 4.69) is 26.6 Å². The molecule has 0 heterocycles. The first-order valence-electron chi connectivity index (χ1n) is 6.63. The fourth-order valence-electron chi connectivity index (χ4n) is 1.83. The van der Waals surface area contributed by atoms with E-state index in [0.717, 1.165) is 31.4 Å². The predicted octanol–water partition coefficient (Wildman–Crippen LogP) is 2.30. The molecule has 19 heavy (non-hydrogen) atoms. The quantitative estimate of drug-likeness (QED) is 0.674. The van der Waals surface area contributed by atoms with Crippen LogP contribution in [0.3, 0.4) is 0 Å². The maximum absolute atomic E-state index is 11.4. The van der Waals surface area contributed by atoms with Crippen molar-refractivity contribution in [2.24, 2.45) is 0 Å². The number of para-hydroxylation sites is 1. The number of hydrogen-bond acceptors (Lipinski definition) is 3. The van der Waals surface area contributed by atoms with Gasteiger partial charge >= 0.3 is 0 Å². The molecule has 0 atom stereocenters. The molecular weight excluding hydrogens is 308 g/mol. The zero-order valence-electron chi connectivity index (χ0n) is 10.8. The van der Waals surface area contributed by atoms with Crippen LogP contribution < -0.4 is 10.6 Å². The van der Waals surface area contributed by atoms with Crippen molar-refractivity contribution >= 4 is 21.8 Å². The summed E-state index contributed by atoms with van der Waals surface area (Å²) in [5.74, 6) is 0.427. The Balaban J connectivity index is 1.60. The Hall–Kier alpha value is -1.07. The molecule has 0 saturated heterocycles. The maximum atomic E-state index is 11.4. The Morgan fingerprint density at radius 1 is 1.42 bits per heavy atom. The van der Waals surface area contributed by atoms with Crippen molar-refractivity contribution in [3.8, 4) is 5.75 Å². The van der Waals surface area contributed by atoms with Gasteiger partial charge in [-0.2, -0.15) is 0 Å². The average molecular weight is 327 g/mol. The zero-order chi connectivity index (χ0) is 13.7. The Morgan fingerprint density at radius 3 is 2.95 bits per heavy atom. The van der Waals surface area contributed by atoms with E-state index in [1.807, 2.05) is 12.1 Å². The average Bonchev–Trinajstić information content (AvgIpc) is 3.18. The summed E-state index contributed by atoms with van der Waals surface area (Å²) in [5.41, 5.74) is 0.858. The van der Waals surface area contributed by atoms with Crippen molar-refractivity contribution in [2.75, 3.05) is 6.54 Å². The maximum Gasteiger partial charge on any atom is 0.220 e. The molecule has 0 aromatic heterocycles. The number of phenolic OH excluding ortho intramolecular Hbond substituents is 1. The monoisotopic (exact) mass is 326 g/mol. The molecule has 0 unspecified atom stereocenters. The van der Waals surface area contributed by atoms with Gasteiger partial charge in [0, 0.05) is 24.6 Å². The van der Waals surface area contributed by atoms with Gasteiger partial charge in [0.15, 0.2) is 0 Å². The van der Waals surface area contributed by atoms with Crippen molar-refractivity contribution in [3.05, 3.63) is 28.2 Å². The van der Waals surface area contributed by atoms with Crippen LogP contribution in [0, 0.1) is 0 Å². The minimum Gasteiger partial charge on any atom is -0.506 e. The van der Waals surface area contributed by atoms with E-state index in [-0.39, 0.29) is 11.7 Å². The van der Waals surface area contributed by atoms with E-state index in [1.54, 1.807) is 6.07 Å². The van der Waals surface area contributed by atoms with E-state index < -0.39 is 0 Å². The summed E-state index contributed by atoms with van der Waals surface area (Å²) in [7, 11) is 0. The molecule has 1 aliphatic carbocycles. The van der Waals surface area contributed by atoms with E-state index in [4.69, 9.17) is 0 Å². The first-order valence-corrected chi connectivity index (χ1v) is 7.42. The van der Waals surface area contributed by atoms with Gasteiger partial charge in [-0.05, 0) is 47.8 Å². The lowest BCUT2D eigenvalue weighted by molar-refractivity contribution is -0.121. The Bertz CT molecular complexity index is 447. The van der Waals surface area contributed by atoms with Gasteiger partial charge in [-0.15, -0.1) is 0 Å². The van der Waals surface area contributed by atoms with Crippen LogP contribution in [0.5, 0.6) is 5.75 Å². The van der Waals surface area contributed by atoms with Crippen LogP contribution in [0.15, 0.2) is 22.7 Å². The highest BCUT2D eigenvalue weighted by Crippen LogP contribution is 2.27. The van der Waals surface area contributed by atoms with Gasteiger partial charge < -0.3 is 15.7 Å². The summed E-state index contributed by atoms with van der Waals surface area (Å²) >= 11 is 3.29. The third-order valence-corrected chi connectivity index (χ3v) is 3.73. The zero-order valence-corrected chi connectivity index (χ0v) is 12.4. The van der Waals surface area contributed by atoms with Crippen LogP contribution in [0.4, 0.5) is 0 Å². The number of halogens is 1. The minimum atomic E-state index is 0.148. The fourth-order valence-corrected chi connectivity index (χ4v) is 2.23. The summed E-state index contributed by atoms with van der Waals surface area (Å²) in [6.07, 6.45) is 3.64. The number of phenols is 1. The number of nitrogens with one attached hydrogen (secondary N) is 2. The molecule has 3 N–H and O–H groups in total. The predicted molar refractivity (Wildman–Crippen MR) is 77.9 cm³/mol. The fraction of sp³-hybridized carbons (Fsp3) is 0.500. The van der Waals surface area contributed by atoms with Crippen molar-refractivity contribution < 1.29 is 9.90 Å². The number of carbonyl (C=O) groups is 1.